The van der Waals surface area contributed by atoms with Gasteiger partial charge in [-0.05, 0) is 49.4 Å². The van der Waals surface area contributed by atoms with Crippen LogP contribution in [0.15, 0.2) is 53.5 Å². The van der Waals surface area contributed by atoms with Gasteiger partial charge >= 0.3 is 18.2 Å². The van der Waals surface area contributed by atoms with E-state index in [2.05, 4.69) is 14.8 Å². The van der Waals surface area contributed by atoms with Gasteiger partial charge in [-0.15, -0.1) is 0 Å². The Bertz CT molecular complexity index is 1280. The third-order valence-corrected chi connectivity index (χ3v) is 6.87. The van der Waals surface area contributed by atoms with Crippen molar-refractivity contribution in [2.45, 2.75) is 25.6 Å². The van der Waals surface area contributed by atoms with E-state index in [4.69, 9.17) is 15.2 Å². The summed E-state index contributed by atoms with van der Waals surface area (Å²) in [6.07, 6.45) is -5.01. The fourth-order valence-corrected chi connectivity index (χ4v) is 4.67. The van der Waals surface area contributed by atoms with E-state index >= 15 is 0 Å². The number of piperazine rings is 1. The number of ether oxygens (including phenoxy) is 2. The van der Waals surface area contributed by atoms with Crippen LogP contribution in [-0.4, -0.2) is 92.1 Å². The molecule has 2 aliphatic heterocycles. The molecule has 220 valence electrons. The van der Waals surface area contributed by atoms with E-state index < -0.39 is 23.7 Å². The molecule has 2 aromatic rings. The van der Waals surface area contributed by atoms with Crippen molar-refractivity contribution in [3.63, 3.8) is 0 Å². The van der Waals surface area contributed by atoms with Gasteiger partial charge in [0.1, 0.15) is 11.9 Å². The number of nitrogens with two attached hydrogens (primary N) is 1. The molecule has 2 aliphatic rings. The lowest BCUT2D eigenvalue weighted by Crippen LogP contribution is -2.49. The monoisotopic (exact) mass is 575 g/mol. The van der Waals surface area contributed by atoms with Gasteiger partial charge in [0.15, 0.2) is 0 Å². The van der Waals surface area contributed by atoms with Gasteiger partial charge in [-0.25, -0.2) is 4.79 Å². The van der Waals surface area contributed by atoms with E-state index in [0.717, 1.165) is 44.4 Å². The number of carbonyl (C=O) groups excluding carboxylic acids is 3. The number of hydrogen-bond donors (Lipinski definition) is 1. The number of cyclic esters (lactones) is 1. The zero-order valence-corrected chi connectivity index (χ0v) is 22.6. The number of amides is 2. The van der Waals surface area contributed by atoms with E-state index in [-0.39, 0.29) is 23.5 Å². The summed E-state index contributed by atoms with van der Waals surface area (Å²) in [6, 6.07) is 10.4. The number of esters is 1. The second-order valence-corrected chi connectivity index (χ2v) is 9.74. The maximum Gasteiger partial charge on any atom is 0.416 e. The van der Waals surface area contributed by atoms with Crippen LogP contribution >= 0.6 is 0 Å². The minimum absolute atomic E-state index is 0.165. The molecule has 2 fully saturated rings. The number of aliphatic imine (C=N–C) groups is 1. The second kappa shape index (κ2) is 13.1. The SMILES string of the molecule is CCOC(=O)CCN1CCN(CC2CN(c3ccc(C(N)=NC(=O)c4cccc(C(F)(F)F)c4)cc3)C(=O)O2)CC1. The maximum atomic E-state index is 13.0. The predicted octanol–water partition coefficient (Wildman–Crippen LogP) is 3.15. The molecule has 0 saturated carbocycles. The molecule has 2 heterocycles. The molecule has 4 rings (SSSR count). The quantitative estimate of drug-likeness (QED) is 0.275. The first kappa shape index (κ1) is 30.0. The summed E-state index contributed by atoms with van der Waals surface area (Å²) in [5, 5.41) is 0. The van der Waals surface area contributed by atoms with Crippen LogP contribution in [0.1, 0.15) is 34.8 Å². The van der Waals surface area contributed by atoms with Crippen LogP contribution in [-0.2, 0) is 20.4 Å². The van der Waals surface area contributed by atoms with Gasteiger partial charge in [0.25, 0.3) is 5.91 Å². The summed E-state index contributed by atoms with van der Waals surface area (Å²) in [6.45, 7) is 6.98. The van der Waals surface area contributed by atoms with Crippen molar-refractivity contribution >= 4 is 29.5 Å². The van der Waals surface area contributed by atoms with E-state index in [1.165, 1.54) is 11.0 Å². The molecule has 1 atom stereocenters. The van der Waals surface area contributed by atoms with Gasteiger partial charge in [0, 0.05) is 56.1 Å². The average Bonchev–Trinajstić information content (AvgIpc) is 3.32. The van der Waals surface area contributed by atoms with Crippen LogP contribution in [0.5, 0.6) is 0 Å². The van der Waals surface area contributed by atoms with Crippen LogP contribution in [0.25, 0.3) is 0 Å². The fraction of sp³-hybridized carbons (Fsp3) is 0.429. The Morgan fingerprint density at radius 1 is 1.05 bits per heavy atom. The number of alkyl halides is 3. The molecule has 41 heavy (non-hydrogen) atoms. The fourth-order valence-electron chi connectivity index (χ4n) is 4.67. The predicted molar refractivity (Wildman–Crippen MR) is 145 cm³/mol. The number of halogens is 3. The molecule has 2 amide bonds. The molecule has 1 unspecified atom stereocenters. The van der Waals surface area contributed by atoms with Crippen LogP contribution in [0.2, 0.25) is 0 Å². The average molecular weight is 576 g/mol. The third kappa shape index (κ3) is 8.04. The zero-order chi connectivity index (χ0) is 29.6. The number of carbonyl (C=O) groups is 3. The van der Waals surface area contributed by atoms with Gasteiger partial charge in [0.05, 0.1) is 25.1 Å². The van der Waals surface area contributed by atoms with Crippen LogP contribution in [0, 0.1) is 0 Å². The number of benzene rings is 2. The Morgan fingerprint density at radius 2 is 1.73 bits per heavy atom. The lowest BCUT2D eigenvalue weighted by molar-refractivity contribution is -0.143. The number of nitrogens with zero attached hydrogens (tertiary/aromatic N) is 4. The molecule has 0 aromatic heterocycles. The van der Waals surface area contributed by atoms with Gasteiger partial charge in [-0.1, -0.05) is 6.07 Å². The second-order valence-electron chi connectivity index (χ2n) is 9.74. The first-order valence-corrected chi connectivity index (χ1v) is 13.3. The Morgan fingerprint density at radius 3 is 2.39 bits per heavy atom. The highest BCUT2D eigenvalue weighted by molar-refractivity contribution is 6.09. The highest BCUT2D eigenvalue weighted by atomic mass is 19.4. The van der Waals surface area contributed by atoms with E-state index in [1.807, 2.05) is 0 Å². The molecule has 2 aromatic carbocycles. The normalized spacial score (nSPS) is 18.8. The van der Waals surface area contributed by atoms with Crippen molar-refractivity contribution in [1.82, 2.24) is 9.80 Å². The summed E-state index contributed by atoms with van der Waals surface area (Å²) in [5.41, 5.74) is 5.70. The number of anilines is 1. The van der Waals surface area contributed by atoms with Crippen molar-refractivity contribution in [2.75, 3.05) is 57.3 Å². The zero-order valence-electron chi connectivity index (χ0n) is 22.6. The smallest absolute Gasteiger partial charge is 0.416 e. The van der Waals surface area contributed by atoms with E-state index in [1.54, 1.807) is 31.2 Å². The minimum Gasteiger partial charge on any atom is -0.466 e. The molecule has 2 N–H and O–H groups in total. The van der Waals surface area contributed by atoms with Gasteiger partial charge in [-0.2, -0.15) is 18.2 Å². The van der Waals surface area contributed by atoms with Crippen molar-refractivity contribution in [1.29, 1.82) is 0 Å². The molecule has 0 spiro atoms. The molecule has 10 nitrogen and oxygen atoms in total. The minimum atomic E-state index is -4.58. The molecule has 0 aliphatic carbocycles. The van der Waals surface area contributed by atoms with Gasteiger partial charge in [-0.3, -0.25) is 19.4 Å². The molecule has 13 heteroatoms. The Balaban J connectivity index is 1.29. The highest BCUT2D eigenvalue weighted by Crippen LogP contribution is 2.29. The summed E-state index contributed by atoms with van der Waals surface area (Å²) < 4.78 is 49.4. The Hall–Kier alpha value is -3.97. The number of rotatable bonds is 9. The molecular formula is C28H32F3N5O5. The van der Waals surface area contributed by atoms with E-state index in [0.29, 0.717) is 43.9 Å². The summed E-state index contributed by atoms with van der Waals surface area (Å²) in [5.74, 6) is -1.26. The number of amidine groups is 1. The van der Waals surface area contributed by atoms with Gasteiger partial charge < -0.3 is 20.1 Å². The molecule has 0 radical (unpaired) electrons. The van der Waals surface area contributed by atoms with E-state index in [9.17, 15) is 27.6 Å². The first-order chi connectivity index (χ1) is 19.5. The molecule has 0 bridgehead atoms. The Labute approximate surface area is 235 Å². The van der Waals surface area contributed by atoms with Crippen molar-refractivity contribution in [3.05, 3.63) is 65.2 Å². The first-order valence-electron chi connectivity index (χ1n) is 13.3. The van der Waals surface area contributed by atoms with Crippen LogP contribution in [0.4, 0.5) is 23.7 Å². The third-order valence-electron chi connectivity index (χ3n) is 6.87. The summed E-state index contributed by atoms with van der Waals surface area (Å²) in [4.78, 5) is 46.2. The maximum absolute atomic E-state index is 13.0. The summed E-state index contributed by atoms with van der Waals surface area (Å²) >= 11 is 0. The molecule has 2 saturated heterocycles. The standard InChI is InChI=1S/C28H32F3N5O5/c1-2-40-24(37)10-11-34-12-14-35(15-13-34)17-23-18-36(27(39)41-23)22-8-6-19(7-9-22)25(32)33-26(38)20-4-3-5-21(16-20)28(29,30)31/h3-9,16,23H,2,10-15,17-18H2,1H3,(H2,32,33,38). The van der Waals surface area contributed by atoms with Gasteiger partial charge in [0.2, 0.25) is 0 Å². The van der Waals surface area contributed by atoms with Crippen LogP contribution in [0.3, 0.4) is 0 Å². The number of hydrogen-bond acceptors (Lipinski definition) is 7. The van der Waals surface area contributed by atoms with Crippen molar-refractivity contribution in [3.8, 4) is 0 Å². The topological polar surface area (TPSA) is 118 Å². The Kier molecular flexibility index (Phi) is 9.61. The highest BCUT2D eigenvalue weighted by Gasteiger charge is 2.34. The molecular weight excluding hydrogens is 543 g/mol. The van der Waals surface area contributed by atoms with Crippen molar-refractivity contribution in [2.24, 2.45) is 10.7 Å². The summed E-state index contributed by atoms with van der Waals surface area (Å²) in [7, 11) is 0. The van der Waals surface area contributed by atoms with Crippen molar-refractivity contribution < 1.29 is 37.0 Å². The largest absolute Gasteiger partial charge is 0.466 e. The lowest BCUT2D eigenvalue weighted by atomic mass is 10.1. The van der Waals surface area contributed by atoms with Crippen LogP contribution < -0.4 is 10.6 Å². The lowest BCUT2D eigenvalue weighted by Gasteiger charge is -2.35.